The second-order valence-electron chi connectivity index (χ2n) is 10.4. The number of carbonyl (C=O) groups excluding carboxylic acids is 1. The van der Waals surface area contributed by atoms with E-state index in [0.29, 0.717) is 17.4 Å². The second-order valence-corrected chi connectivity index (χ2v) is 10.4. The van der Waals surface area contributed by atoms with Crippen molar-refractivity contribution in [2.75, 3.05) is 0 Å². The van der Waals surface area contributed by atoms with Crippen LogP contribution in [0.25, 0.3) is 0 Å². The number of alkyl halides is 2. The third-order valence-electron chi connectivity index (χ3n) is 8.29. The number of carbonyl (C=O) groups is 1. The average molecular weight is 447 g/mol. The molecular formula is C28H40F2O2. The van der Waals surface area contributed by atoms with Gasteiger partial charge in [0, 0.05) is 18.4 Å². The van der Waals surface area contributed by atoms with Gasteiger partial charge in [0.05, 0.1) is 5.60 Å². The highest BCUT2D eigenvalue weighted by molar-refractivity contribution is 5.99. The summed E-state index contributed by atoms with van der Waals surface area (Å²) in [5.74, 6) is 0.245. The molecule has 5 atom stereocenters. The molecule has 32 heavy (non-hydrogen) atoms. The summed E-state index contributed by atoms with van der Waals surface area (Å²) < 4.78 is 27.6. The summed E-state index contributed by atoms with van der Waals surface area (Å²) in [5.41, 5.74) is 2.46. The fourth-order valence-electron chi connectivity index (χ4n) is 6.03. The van der Waals surface area contributed by atoms with Crippen molar-refractivity contribution in [3.63, 3.8) is 0 Å². The van der Waals surface area contributed by atoms with Crippen LogP contribution in [0.5, 0.6) is 0 Å². The van der Waals surface area contributed by atoms with Crippen LogP contribution in [0.2, 0.25) is 0 Å². The van der Waals surface area contributed by atoms with E-state index in [2.05, 4.69) is 26.0 Å². The largest absolute Gasteiger partial charge is 0.386 e. The molecule has 0 bridgehead atoms. The van der Waals surface area contributed by atoms with Gasteiger partial charge in [-0.05, 0) is 62.2 Å². The highest BCUT2D eigenvalue weighted by Crippen LogP contribution is 2.56. The molecule has 0 heterocycles. The van der Waals surface area contributed by atoms with Crippen LogP contribution in [0.15, 0.2) is 47.1 Å². The molecule has 1 N–H and O–H groups in total. The summed E-state index contributed by atoms with van der Waals surface area (Å²) in [6.45, 7) is 8.64. The van der Waals surface area contributed by atoms with Gasteiger partial charge in [0.1, 0.15) is 6.17 Å². The number of hydrogen-bond donors (Lipinski definition) is 1. The molecule has 0 spiro atoms. The van der Waals surface area contributed by atoms with Crippen molar-refractivity contribution < 1.29 is 18.7 Å². The number of aliphatic hydroxyl groups is 1. The van der Waals surface area contributed by atoms with Crippen molar-refractivity contribution in [1.82, 2.24) is 0 Å². The monoisotopic (exact) mass is 446 g/mol. The van der Waals surface area contributed by atoms with Crippen LogP contribution in [-0.2, 0) is 4.79 Å². The molecule has 3 aliphatic rings. The molecule has 2 fully saturated rings. The number of rotatable bonds is 7. The van der Waals surface area contributed by atoms with Gasteiger partial charge in [-0.2, -0.15) is 0 Å². The first-order valence-electron chi connectivity index (χ1n) is 12.5. The Kier molecular flexibility index (Phi) is 7.96. The number of fused-ring (bicyclic) bond motifs is 1. The molecule has 0 aromatic carbocycles. The SMILES string of the molecule is CCC(O)(/C=C/CC(C)C1=CCC2/C(=C\C=C3/CC(F)CC(F)C3=O)CCCC12C)CC. The molecule has 2 nitrogen and oxygen atoms in total. The first kappa shape index (κ1) is 25.1. The second kappa shape index (κ2) is 10.2. The number of halogens is 2. The number of allylic oxidation sites excluding steroid dienone is 7. The summed E-state index contributed by atoms with van der Waals surface area (Å²) in [4.78, 5) is 12.1. The van der Waals surface area contributed by atoms with Crippen LogP contribution in [0.3, 0.4) is 0 Å². The minimum absolute atomic E-state index is 0.0275. The molecule has 0 aromatic heterocycles. The molecule has 2 saturated carbocycles. The normalized spacial score (nSPS) is 34.9. The minimum atomic E-state index is -1.70. The van der Waals surface area contributed by atoms with E-state index >= 15 is 0 Å². The highest BCUT2D eigenvalue weighted by atomic mass is 19.1. The van der Waals surface area contributed by atoms with Gasteiger partial charge in [-0.3, -0.25) is 4.79 Å². The number of Topliss-reactive ketones (excluding diaryl/α,β-unsaturated/α-hetero) is 1. The van der Waals surface area contributed by atoms with Gasteiger partial charge in [0.2, 0.25) is 0 Å². The van der Waals surface area contributed by atoms with Crippen molar-refractivity contribution in [3.8, 4) is 0 Å². The van der Waals surface area contributed by atoms with Crippen LogP contribution in [0.1, 0.15) is 85.5 Å². The zero-order valence-corrected chi connectivity index (χ0v) is 20.2. The molecule has 0 aliphatic heterocycles. The number of ketones is 1. The van der Waals surface area contributed by atoms with E-state index in [9.17, 15) is 18.7 Å². The maximum atomic E-state index is 13.8. The van der Waals surface area contributed by atoms with Crippen LogP contribution >= 0.6 is 0 Å². The van der Waals surface area contributed by atoms with Gasteiger partial charge in [-0.15, -0.1) is 0 Å². The van der Waals surface area contributed by atoms with E-state index in [-0.39, 0.29) is 18.3 Å². The molecule has 0 radical (unpaired) electrons. The van der Waals surface area contributed by atoms with E-state index in [0.717, 1.165) is 44.9 Å². The zero-order valence-electron chi connectivity index (χ0n) is 20.2. The van der Waals surface area contributed by atoms with Crippen molar-refractivity contribution in [2.45, 2.75) is 103 Å². The lowest BCUT2D eigenvalue weighted by Crippen LogP contribution is -2.32. The van der Waals surface area contributed by atoms with Gasteiger partial charge < -0.3 is 5.11 Å². The van der Waals surface area contributed by atoms with E-state index in [1.54, 1.807) is 6.08 Å². The van der Waals surface area contributed by atoms with E-state index in [1.807, 2.05) is 26.0 Å². The van der Waals surface area contributed by atoms with E-state index < -0.39 is 23.7 Å². The van der Waals surface area contributed by atoms with Gasteiger partial charge >= 0.3 is 0 Å². The van der Waals surface area contributed by atoms with Crippen LogP contribution in [0, 0.1) is 17.3 Å². The minimum Gasteiger partial charge on any atom is -0.386 e. The summed E-state index contributed by atoms with van der Waals surface area (Å²) in [6, 6.07) is 0. The predicted octanol–water partition coefficient (Wildman–Crippen LogP) is 7.15. The Balaban J connectivity index is 1.73. The summed E-state index contributed by atoms with van der Waals surface area (Å²) in [7, 11) is 0. The Bertz CT molecular complexity index is 817. The third-order valence-corrected chi connectivity index (χ3v) is 8.29. The molecule has 4 heteroatoms. The highest BCUT2D eigenvalue weighted by Gasteiger charge is 2.45. The van der Waals surface area contributed by atoms with Gasteiger partial charge in [0.25, 0.3) is 0 Å². The van der Waals surface area contributed by atoms with Crippen molar-refractivity contribution in [1.29, 1.82) is 0 Å². The number of hydrogen-bond acceptors (Lipinski definition) is 2. The summed E-state index contributed by atoms with van der Waals surface area (Å²) in [6.07, 6.45) is 13.4. The Morgan fingerprint density at radius 1 is 1.28 bits per heavy atom. The molecule has 0 saturated heterocycles. The standard InChI is InChI=1S/C28H40F2O2/c1-5-28(32,6-2)16-7-9-19(3)23-13-14-24-20(10-8-15-27(23,24)4)11-12-21-17-22(29)18-25(30)26(21)31/h7,11-13,16,19,22,24-25,32H,5-6,8-10,14-15,17-18H2,1-4H3/b16-7+,20-11-,21-12+. The third kappa shape index (κ3) is 5.16. The summed E-state index contributed by atoms with van der Waals surface area (Å²) >= 11 is 0. The fourth-order valence-corrected chi connectivity index (χ4v) is 6.03. The van der Waals surface area contributed by atoms with Gasteiger partial charge in [0.15, 0.2) is 12.0 Å². The van der Waals surface area contributed by atoms with E-state index in [4.69, 9.17) is 0 Å². The lowest BCUT2D eigenvalue weighted by atomic mass is 9.62. The zero-order chi connectivity index (χ0) is 23.5. The van der Waals surface area contributed by atoms with Crippen molar-refractivity contribution in [3.05, 3.63) is 47.1 Å². The molecule has 3 rings (SSSR count). The molecule has 0 aromatic rings. The fraction of sp³-hybridized carbons (Fsp3) is 0.679. The maximum Gasteiger partial charge on any atom is 0.193 e. The summed E-state index contributed by atoms with van der Waals surface area (Å²) in [5, 5.41) is 10.5. The Morgan fingerprint density at radius 3 is 2.69 bits per heavy atom. The Hall–Kier alpha value is -1.55. The van der Waals surface area contributed by atoms with Crippen molar-refractivity contribution >= 4 is 5.78 Å². The lowest BCUT2D eigenvalue weighted by molar-refractivity contribution is -0.122. The van der Waals surface area contributed by atoms with Gasteiger partial charge in [-0.25, -0.2) is 8.78 Å². The smallest absolute Gasteiger partial charge is 0.193 e. The quantitative estimate of drug-likeness (QED) is 0.333. The lowest BCUT2D eigenvalue weighted by Gasteiger charge is -2.42. The molecule has 178 valence electrons. The maximum absolute atomic E-state index is 13.8. The predicted molar refractivity (Wildman–Crippen MR) is 127 cm³/mol. The average Bonchev–Trinajstić information content (AvgIpc) is 3.12. The van der Waals surface area contributed by atoms with Gasteiger partial charge in [-0.1, -0.05) is 69.2 Å². The Morgan fingerprint density at radius 2 is 2.00 bits per heavy atom. The molecule has 0 amide bonds. The van der Waals surface area contributed by atoms with Crippen LogP contribution < -0.4 is 0 Å². The van der Waals surface area contributed by atoms with Crippen LogP contribution in [-0.4, -0.2) is 28.8 Å². The topological polar surface area (TPSA) is 37.3 Å². The first-order valence-corrected chi connectivity index (χ1v) is 12.5. The first-order chi connectivity index (χ1) is 15.1. The van der Waals surface area contributed by atoms with E-state index in [1.165, 1.54) is 11.1 Å². The van der Waals surface area contributed by atoms with Crippen molar-refractivity contribution in [2.24, 2.45) is 17.3 Å². The molecule has 3 aliphatic carbocycles. The molecule has 5 unspecified atom stereocenters. The van der Waals surface area contributed by atoms with Crippen LogP contribution in [0.4, 0.5) is 8.78 Å². The Labute approximate surface area is 192 Å². The molecular weight excluding hydrogens is 406 g/mol.